The van der Waals surface area contributed by atoms with Crippen molar-refractivity contribution in [3.8, 4) is 0 Å². The van der Waals surface area contributed by atoms with E-state index in [4.69, 9.17) is 18.9 Å². The summed E-state index contributed by atoms with van der Waals surface area (Å²) in [7, 11) is 5.91. The van der Waals surface area contributed by atoms with Crippen LogP contribution in [-0.4, -0.2) is 82.3 Å². The van der Waals surface area contributed by atoms with Crippen LogP contribution in [0.4, 0.5) is 0 Å². The fourth-order valence-corrected chi connectivity index (χ4v) is 9.35. The van der Waals surface area contributed by atoms with Gasteiger partial charge in [-0.2, -0.15) is 0 Å². The van der Waals surface area contributed by atoms with Crippen LogP contribution < -0.4 is 5.11 Å². The zero-order valence-electron chi connectivity index (χ0n) is 54.3. The Morgan fingerprint density at radius 1 is 0.373 bits per heavy atom. The van der Waals surface area contributed by atoms with Gasteiger partial charge in [-0.1, -0.05) is 297 Å². The number of quaternary nitrogens is 1. The lowest BCUT2D eigenvalue weighted by atomic mass is 10.0. The summed E-state index contributed by atoms with van der Waals surface area (Å²) < 4.78 is 22.7. The molecule has 9 heteroatoms. The number of allylic oxidation sites excluding steroid dienone is 18. The lowest BCUT2D eigenvalue weighted by molar-refractivity contribution is -0.870. The largest absolute Gasteiger partial charge is 0.545 e. The normalized spacial score (nSPS) is 13.4. The second-order valence-electron chi connectivity index (χ2n) is 23.7. The van der Waals surface area contributed by atoms with Crippen molar-refractivity contribution in [1.82, 2.24) is 0 Å². The SMILES string of the molecule is CC/C=C\C/C=C\C/C=C\C/C=C\C/C=C\C/C=C\C/C=C\C/C=C\C/C=C\CCCCCC(=O)OC(COC(=O)CCCCCCCCCCCCCCCCCCCCCCCCCCCCC)COC(OCC[N+](C)(C)C)C(=O)[O-]. The molecule has 0 saturated carbocycles. The number of hydrogen-bond donors (Lipinski definition) is 0. The molecular formula is C74H127NO8. The summed E-state index contributed by atoms with van der Waals surface area (Å²) in [6.45, 7) is 4.62. The third-order valence-corrected chi connectivity index (χ3v) is 14.5. The number of nitrogens with zero attached hydrogens (tertiary/aromatic N) is 1. The predicted molar refractivity (Wildman–Crippen MR) is 352 cm³/mol. The van der Waals surface area contributed by atoms with Crippen LogP contribution in [0.3, 0.4) is 0 Å². The maximum Gasteiger partial charge on any atom is 0.306 e. The van der Waals surface area contributed by atoms with Gasteiger partial charge in [0.05, 0.1) is 40.3 Å². The highest BCUT2D eigenvalue weighted by molar-refractivity contribution is 5.70. The molecule has 0 aromatic rings. The first-order chi connectivity index (χ1) is 40.6. The molecule has 0 N–H and O–H groups in total. The third kappa shape index (κ3) is 65.3. The van der Waals surface area contributed by atoms with Crippen molar-refractivity contribution in [3.05, 3.63) is 109 Å². The molecule has 0 radical (unpaired) electrons. The van der Waals surface area contributed by atoms with Gasteiger partial charge >= 0.3 is 11.9 Å². The van der Waals surface area contributed by atoms with Gasteiger partial charge in [-0.3, -0.25) is 9.59 Å². The molecule has 0 aliphatic heterocycles. The van der Waals surface area contributed by atoms with Crippen LogP contribution in [0.2, 0.25) is 0 Å². The minimum Gasteiger partial charge on any atom is -0.545 e. The second-order valence-corrected chi connectivity index (χ2v) is 23.7. The van der Waals surface area contributed by atoms with Crippen molar-refractivity contribution in [3.63, 3.8) is 0 Å². The molecule has 2 atom stereocenters. The predicted octanol–water partition coefficient (Wildman–Crippen LogP) is 19.7. The van der Waals surface area contributed by atoms with Crippen molar-refractivity contribution in [2.75, 3.05) is 47.5 Å². The minimum atomic E-state index is -1.64. The van der Waals surface area contributed by atoms with Crippen molar-refractivity contribution >= 4 is 17.9 Å². The number of likely N-dealkylation sites (N-methyl/N-ethyl adjacent to an activating group) is 1. The molecule has 9 nitrogen and oxygen atoms in total. The van der Waals surface area contributed by atoms with Gasteiger partial charge < -0.3 is 33.3 Å². The number of ether oxygens (including phenoxy) is 4. The molecule has 0 fully saturated rings. The molecular weight excluding hydrogens is 1030 g/mol. The van der Waals surface area contributed by atoms with Gasteiger partial charge in [-0.05, 0) is 83.5 Å². The number of unbranched alkanes of at least 4 members (excludes halogenated alkanes) is 29. The van der Waals surface area contributed by atoms with Crippen molar-refractivity contribution in [2.45, 2.75) is 296 Å². The first-order valence-corrected chi connectivity index (χ1v) is 34.0. The molecule has 83 heavy (non-hydrogen) atoms. The molecule has 0 aromatic heterocycles. The first kappa shape index (κ1) is 79.0. The van der Waals surface area contributed by atoms with E-state index in [-0.39, 0.29) is 38.6 Å². The molecule has 0 aliphatic carbocycles. The van der Waals surface area contributed by atoms with Gasteiger partial charge in [0, 0.05) is 12.8 Å². The highest BCUT2D eigenvalue weighted by Crippen LogP contribution is 2.17. The number of carbonyl (C=O) groups is 3. The van der Waals surface area contributed by atoms with E-state index < -0.39 is 24.3 Å². The van der Waals surface area contributed by atoms with E-state index in [9.17, 15) is 19.5 Å². The van der Waals surface area contributed by atoms with E-state index >= 15 is 0 Å². The number of carbonyl (C=O) groups excluding carboxylic acids is 3. The van der Waals surface area contributed by atoms with Crippen LogP contribution in [0.1, 0.15) is 284 Å². The molecule has 0 aromatic carbocycles. The van der Waals surface area contributed by atoms with E-state index in [0.29, 0.717) is 17.4 Å². The molecule has 476 valence electrons. The van der Waals surface area contributed by atoms with Gasteiger partial charge in [-0.25, -0.2) is 0 Å². The van der Waals surface area contributed by atoms with Crippen LogP contribution >= 0.6 is 0 Å². The molecule has 2 unspecified atom stereocenters. The van der Waals surface area contributed by atoms with Gasteiger partial charge in [0.2, 0.25) is 0 Å². The van der Waals surface area contributed by atoms with Gasteiger partial charge in [-0.15, -0.1) is 0 Å². The van der Waals surface area contributed by atoms with Crippen LogP contribution in [-0.2, 0) is 33.3 Å². The maximum absolute atomic E-state index is 12.9. The van der Waals surface area contributed by atoms with E-state index in [0.717, 1.165) is 96.3 Å². The quantitative estimate of drug-likeness (QED) is 0.0195. The number of carboxylic acids is 1. The third-order valence-electron chi connectivity index (χ3n) is 14.5. The zero-order valence-corrected chi connectivity index (χ0v) is 54.3. The summed E-state index contributed by atoms with van der Waals surface area (Å²) in [6.07, 6.45) is 86.0. The lowest BCUT2D eigenvalue weighted by Gasteiger charge is -2.26. The van der Waals surface area contributed by atoms with Gasteiger partial charge in [0.25, 0.3) is 0 Å². The van der Waals surface area contributed by atoms with Crippen LogP contribution in [0.5, 0.6) is 0 Å². The van der Waals surface area contributed by atoms with Crippen molar-refractivity contribution < 1.29 is 42.9 Å². The van der Waals surface area contributed by atoms with Gasteiger partial charge in [0.1, 0.15) is 13.2 Å². The van der Waals surface area contributed by atoms with E-state index in [1.807, 2.05) is 21.1 Å². The average Bonchev–Trinajstić information content (AvgIpc) is 3.46. The number of carboxylic acid groups (broad SMARTS) is 1. The molecule has 0 saturated heterocycles. The fraction of sp³-hybridized carbons (Fsp3) is 0.716. The fourth-order valence-electron chi connectivity index (χ4n) is 9.35. The van der Waals surface area contributed by atoms with E-state index in [1.54, 1.807) is 0 Å². The Hall–Kier alpha value is -4.05. The molecule has 0 aliphatic rings. The number of rotatable bonds is 62. The molecule has 0 bridgehead atoms. The van der Waals surface area contributed by atoms with Crippen molar-refractivity contribution in [1.29, 1.82) is 0 Å². The molecule has 0 spiro atoms. The zero-order chi connectivity index (χ0) is 60.5. The Bertz CT molecular complexity index is 1730. The lowest BCUT2D eigenvalue weighted by Crippen LogP contribution is -2.44. The number of hydrogen-bond acceptors (Lipinski definition) is 8. The Labute approximate surface area is 511 Å². The Kier molecular flexibility index (Phi) is 60.8. The standard InChI is InChI=1S/C74H127NO8/c1-6-8-10-12-14-16-18-20-22-24-26-28-30-32-34-35-36-37-39-41-43-45-47-49-51-53-55-57-59-61-63-65-72(77)83-70(69-82-74(73(78)79)80-67-66-75(3,4)5)68-81-71(76)64-62-60-58-56-54-52-50-48-46-44-42-40-38-33-31-29-27-25-23-21-19-17-15-13-11-9-7-2/h8,10,14,16,20,22,26,28,32,34,36-37,41,43,47,49,53,55,70,74H,6-7,9,11-13,15,17-19,21,23-25,27,29-31,33,35,38-40,42,44-46,48,50-52,54,56-69H2,1-5H3/b10-8-,16-14-,22-20-,28-26-,34-32-,37-36-,43-41-,49-47-,55-53-. The first-order valence-electron chi connectivity index (χ1n) is 34.0. The van der Waals surface area contributed by atoms with Crippen LogP contribution in [0, 0.1) is 0 Å². The molecule has 0 amide bonds. The smallest absolute Gasteiger partial charge is 0.306 e. The summed E-state index contributed by atoms with van der Waals surface area (Å²) >= 11 is 0. The van der Waals surface area contributed by atoms with Gasteiger partial charge in [0.15, 0.2) is 12.4 Å². The molecule has 0 heterocycles. The Balaban J connectivity index is 4.24. The summed E-state index contributed by atoms with van der Waals surface area (Å²) in [5.74, 6) is -2.33. The topological polar surface area (TPSA) is 111 Å². The highest BCUT2D eigenvalue weighted by Gasteiger charge is 2.22. The van der Waals surface area contributed by atoms with Crippen molar-refractivity contribution in [2.24, 2.45) is 0 Å². The van der Waals surface area contributed by atoms with E-state index in [2.05, 4.69) is 123 Å². The summed E-state index contributed by atoms with van der Waals surface area (Å²) in [4.78, 5) is 37.4. The Morgan fingerprint density at radius 2 is 0.687 bits per heavy atom. The summed E-state index contributed by atoms with van der Waals surface area (Å²) in [5.41, 5.74) is 0. The monoisotopic (exact) mass is 1160 g/mol. The van der Waals surface area contributed by atoms with E-state index in [1.165, 1.54) is 154 Å². The minimum absolute atomic E-state index is 0.136. The molecule has 0 rings (SSSR count). The average molecular weight is 1160 g/mol. The second kappa shape index (κ2) is 64.0. The van der Waals surface area contributed by atoms with Crippen LogP contribution in [0.15, 0.2) is 109 Å². The number of esters is 2. The summed E-state index contributed by atoms with van der Waals surface area (Å²) in [6, 6.07) is 0. The number of aliphatic carboxylic acids is 1. The van der Waals surface area contributed by atoms with Crippen LogP contribution in [0.25, 0.3) is 0 Å². The highest BCUT2D eigenvalue weighted by atomic mass is 16.7. The maximum atomic E-state index is 12.9. The summed E-state index contributed by atoms with van der Waals surface area (Å²) in [5, 5.41) is 11.8. The Morgan fingerprint density at radius 3 is 1.02 bits per heavy atom.